The molecule has 6 nitrogen and oxygen atoms in total. The van der Waals surface area contributed by atoms with Gasteiger partial charge < -0.3 is 20.3 Å². The minimum Gasteiger partial charge on any atom is -0.466 e. The van der Waals surface area contributed by atoms with Gasteiger partial charge in [0.05, 0.1) is 25.4 Å². The first kappa shape index (κ1) is 58.6. The van der Waals surface area contributed by atoms with Crippen molar-refractivity contribution in [2.75, 3.05) is 13.2 Å². The first-order valence-corrected chi connectivity index (χ1v) is 26.1. The summed E-state index contributed by atoms with van der Waals surface area (Å²) in [5.74, 6) is -0.114. The first-order valence-electron chi connectivity index (χ1n) is 26.1. The minimum atomic E-state index is -0.854. The third-order valence-corrected chi connectivity index (χ3v) is 11.5. The number of rotatable bonds is 47. The van der Waals surface area contributed by atoms with E-state index in [1.54, 1.807) is 6.08 Å². The van der Waals surface area contributed by atoms with Crippen molar-refractivity contribution in [3.05, 3.63) is 60.8 Å². The third-order valence-electron chi connectivity index (χ3n) is 11.5. The van der Waals surface area contributed by atoms with E-state index in [9.17, 15) is 19.8 Å². The van der Waals surface area contributed by atoms with Gasteiger partial charge in [-0.15, -0.1) is 0 Å². The van der Waals surface area contributed by atoms with Crippen LogP contribution in [0, 0.1) is 0 Å². The largest absolute Gasteiger partial charge is 0.466 e. The van der Waals surface area contributed by atoms with Crippen molar-refractivity contribution in [2.24, 2.45) is 0 Å². The molecule has 0 rings (SSSR count). The molecule has 0 heterocycles. The second kappa shape index (κ2) is 50.2. The van der Waals surface area contributed by atoms with Crippen molar-refractivity contribution in [2.45, 2.75) is 264 Å². The summed E-state index contributed by atoms with van der Waals surface area (Å²) >= 11 is 0. The number of carbonyl (C=O) groups is 2. The van der Waals surface area contributed by atoms with Crippen molar-refractivity contribution < 1.29 is 24.5 Å². The minimum absolute atomic E-state index is 0.0252. The number of aliphatic hydroxyl groups is 2. The van der Waals surface area contributed by atoms with E-state index in [2.05, 4.69) is 67.8 Å². The third kappa shape index (κ3) is 46.9. The summed E-state index contributed by atoms with van der Waals surface area (Å²) in [6.07, 6.45) is 63.7. The SMILES string of the molecule is CCCCCC/C=C\C/C=C\CCCCCCCCCC(=O)OCCCCC/C=C\C/C=C\CCCCCCCCCC(=O)NC(CO)C(O)/C=C/CCCCCCCCC. The normalized spacial score (nSPS) is 13.2. The van der Waals surface area contributed by atoms with Gasteiger partial charge in [-0.3, -0.25) is 9.59 Å². The Morgan fingerprint density at radius 2 is 0.820 bits per heavy atom. The monoisotopic (exact) mass is 854 g/mol. The van der Waals surface area contributed by atoms with E-state index >= 15 is 0 Å². The number of esters is 1. The number of nitrogens with one attached hydrogen (secondary N) is 1. The van der Waals surface area contributed by atoms with E-state index < -0.39 is 12.1 Å². The Morgan fingerprint density at radius 1 is 0.459 bits per heavy atom. The van der Waals surface area contributed by atoms with Crippen LogP contribution < -0.4 is 5.32 Å². The molecule has 0 aromatic rings. The molecule has 0 bridgehead atoms. The van der Waals surface area contributed by atoms with Gasteiger partial charge in [0, 0.05) is 12.8 Å². The van der Waals surface area contributed by atoms with Crippen LogP contribution in [0.4, 0.5) is 0 Å². The lowest BCUT2D eigenvalue weighted by molar-refractivity contribution is -0.143. The lowest BCUT2D eigenvalue weighted by Gasteiger charge is -2.20. The van der Waals surface area contributed by atoms with Crippen molar-refractivity contribution >= 4 is 11.9 Å². The average Bonchev–Trinajstić information content (AvgIpc) is 3.26. The summed E-state index contributed by atoms with van der Waals surface area (Å²) in [4.78, 5) is 24.4. The number of allylic oxidation sites excluding steroid dienone is 9. The van der Waals surface area contributed by atoms with Crippen LogP contribution in [0.2, 0.25) is 0 Å². The molecule has 61 heavy (non-hydrogen) atoms. The van der Waals surface area contributed by atoms with Gasteiger partial charge in [-0.2, -0.15) is 0 Å². The summed E-state index contributed by atoms with van der Waals surface area (Å²) in [6, 6.07) is -0.639. The zero-order valence-corrected chi connectivity index (χ0v) is 40.1. The fourth-order valence-corrected chi connectivity index (χ4v) is 7.46. The number of unbranched alkanes of at least 4 members (excludes halogenated alkanes) is 28. The molecule has 0 saturated heterocycles. The molecule has 0 aliphatic carbocycles. The van der Waals surface area contributed by atoms with Gasteiger partial charge in [-0.1, -0.05) is 197 Å². The Balaban J connectivity index is 3.51. The molecular weight excluding hydrogens is 755 g/mol. The summed E-state index contributed by atoms with van der Waals surface area (Å²) in [5.41, 5.74) is 0. The highest BCUT2D eigenvalue weighted by molar-refractivity contribution is 5.76. The van der Waals surface area contributed by atoms with Crippen molar-refractivity contribution in [1.29, 1.82) is 0 Å². The number of hydrogen-bond acceptors (Lipinski definition) is 5. The van der Waals surface area contributed by atoms with E-state index in [1.807, 2.05) is 6.08 Å². The lowest BCUT2D eigenvalue weighted by atomic mass is 10.1. The Morgan fingerprint density at radius 3 is 1.26 bits per heavy atom. The van der Waals surface area contributed by atoms with Gasteiger partial charge >= 0.3 is 5.97 Å². The molecule has 0 radical (unpaired) electrons. The van der Waals surface area contributed by atoms with Crippen LogP contribution >= 0.6 is 0 Å². The van der Waals surface area contributed by atoms with Gasteiger partial charge in [0.15, 0.2) is 0 Å². The van der Waals surface area contributed by atoms with Crippen LogP contribution in [0.25, 0.3) is 0 Å². The lowest BCUT2D eigenvalue weighted by Crippen LogP contribution is -2.45. The zero-order chi connectivity index (χ0) is 44.4. The van der Waals surface area contributed by atoms with E-state index in [4.69, 9.17) is 4.74 Å². The van der Waals surface area contributed by atoms with Gasteiger partial charge in [0.25, 0.3) is 0 Å². The second-order valence-electron chi connectivity index (χ2n) is 17.5. The number of ether oxygens (including phenoxy) is 1. The summed E-state index contributed by atoms with van der Waals surface area (Å²) in [5, 5.41) is 22.9. The van der Waals surface area contributed by atoms with Crippen LogP contribution in [-0.2, 0) is 14.3 Å². The topological polar surface area (TPSA) is 95.9 Å². The quantitative estimate of drug-likeness (QED) is 0.0322. The molecular formula is C55H99NO5. The van der Waals surface area contributed by atoms with Gasteiger partial charge in [0.2, 0.25) is 5.91 Å². The number of aliphatic hydroxyl groups excluding tert-OH is 2. The van der Waals surface area contributed by atoms with E-state index in [-0.39, 0.29) is 18.5 Å². The smallest absolute Gasteiger partial charge is 0.305 e. The highest BCUT2D eigenvalue weighted by Crippen LogP contribution is 2.14. The van der Waals surface area contributed by atoms with Crippen molar-refractivity contribution in [3.8, 4) is 0 Å². The molecule has 0 aromatic heterocycles. The van der Waals surface area contributed by atoms with Crippen LogP contribution in [0.5, 0.6) is 0 Å². The molecule has 1 amide bonds. The van der Waals surface area contributed by atoms with E-state index in [0.717, 1.165) is 89.9 Å². The average molecular weight is 854 g/mol. The van der Waals surface area contributed by atoms with Crippen molar-refractivity contribution in [3.63, 3.8) is 0 Å². The number of carbonyl (C=O) groups excluding carboxylic acids is 2. The van der Waals surface area contributed by atoms with E-state index in [1.165, 1.54) is 135 Å². The van der Waals surface area contributed by atoms with Crippen LogP contribution in [0.1, 0.15) is 251 Å². The van der Waals surface area contributed by atoms with Crippen molar-refractivity contribution in [1.82, 2.24) is 5.32 Å². The predicted octanol–water partition coefficient (Wildman–Crippen LogP) is 15.6. The molecule has 2 atom stereocenters. The predicted molar refractivity (Wildman–Crippen MR) is 264 cm³/mol. The molecule has 3 N–H and O–H groups in total. The maximum absolute atomic E-state index is 12.4. The van der Waals surface area contributed by atoms with Crippen LogP contribution in [0.3, 0.4) is 0 Å². The number of amides is 1. The molecule has 0 spiro atoms. The molecule has 0 aliphatic heterocycles. The van der Waals surface area contributed by atoms with Gasteiger partial charge in [0.1, 0.15) is 0 Å². The fraction of sp³-hybridized carbons (Fsp3) is 0.782. The molecule has 354 valence electrons. The fourth-order valence-electron chi connectivity index (χ4n) is 7.46. The summed E-state index contributed by atoms with van der Waals surface area (Å²) < 4.78 is 5.45. The second-order valence-corrected chi connectivity index (χ2v) is 17.5. The van der Waals surface area contributed by atoms with E-state index in [0.29, 0.717) is 19.4 Å². The summed E-state index contributed by atoms with van der Waals surface area (Å²) in [7, 11) is 0. The molecule has 2 unspecified atom stereocenters. The molecule has 0 aliphatic rings. The maximum atomic E-state index is 12.4. The molecule has 0 fully saturated rings. The Hall–Kier alpha value is -2.44. The number of hydrogen-bond donors (Lipinski definition) is 3. The van der Waals surface area contributed by atoms with Crippen LogP contribution in [0.15, 0.2) is 60.8 Å². The Labute approximate surface area is 378 Å². The molecule has 6 heteroatoms. The van der Waals surface area contributed by atoms with Crippen LogP contribution in [-0.4, -0.2) is 47.4 Å². The van der Waals surface area contributed by atoms with Gasteiger partial charge in [-0.05, 0) is 103 Å². The summed E-state index contributed by atoms with van der Waals surface area (Å²) in [6.45, 7) is 4.79. The Bertz CT molecular complexity index is 1080. The van der Waals surface area contributed by atoms with Gasteiger partial charge in [-0.25, -0.2) is 0 Å². The molecule has 0 aromatic carbocycles. The first-order chi connectivity index (χ1) is 30.0. The maximum Gasteiger partial charge on any atom is 0.305 e. The highest BCUT2D eigenvalue weighted by atomic mass is 16.5. The standard InChI is InChI=1S/C55H99NO5/c1-3-5-7-9-11-13-14-15-16-17-20-23-26-29-33-37-41-45-49-55(60)61-50-46-42-38-34-30-27-24-21-18-19-22-25-28-32-36-40-44-48-54(59)56-52(51-57)53(58)47-43-39-35-31-12-10-8-6-4-2/h13-14,16-18,21,27,30,43,47,52-53,57-58H,3-12,15,19-20,22-26,28-29,31-42,44-46,48-51H2,1-2H3,(H,56,59)/b14-13-,17-16-,21-18-,30-27-,47-43+. The Kier molecular flexibility index (Phi) is 48.2. The zero-order valence-electron chi connectivity index (χ0n) is 40.1. The molecule has 0 saturated carbocycles. The highest BCUT2D eigenvalue weighted by Gasteiger charge is 2.18.